The van der Waals surface area contributed by atoms with E-state index in [1.807, 2.05) is 0 Å². The van der Waals surface area contributed by atoms with E-state index in [2.05, 4.69) is 4.72 Å². The second-order valence-corrected chi connectivity index (χ2v) is 6.99. The first-order valence-corrected chi connectivity index (χ1v) is 9.25. The molecule has 0 aliphatic carbocycles. The summed E-state index contributed by atoms with van der Waals surface area (Å²) in [6.45, 7) is 0.119. The lowest BCUT2D eigenvalue weighted by atomic mass is 10.2. The first-order valence-electron chi connectivity index (χ1n) is 6.98. The fourth-order valence-electron chi connectivity index (χ4n) is 1.88. The topological polar surface area (TPSA) is 81.7 Å². The molecule has 0 amide bonds. The molecule has 0 aromatic heterocycles. The number of carbonyl (C=O) groups excluding carboxylic acids is 1. The van der Waals surface area contributed by atoms with Gasteiger partial charge in [-0.05, 0) is 24.3 Å². The Balaban J connectivity index is 1.92. The number of hydrogen-bond acceptors (Lipinski definition) is 5. The normalized spacial score (nSPS) is 10.9. The van der Waals surface area contributed by atoms with E-state index in [9.17, 15) is 13.2 Å². The number of nitrogens with one attached hydrogen (secondary N) is 1. The lowest BCUT2D eigenvalue weighted by molar-refractivity contribution is 0.0452. The number of halogens is 1. The average Bonchev–Trinajstić information content (AvgIpc) is 2.52. The maximum absolute atomic E-state index is 12.1. The second kappa shape index (κ2) is 8.03. The summed E-state index contributed by atoms with van der Waals surface area (Å²) < 4.78 is 35.5. The Kier molecular flexibility index (Phi) is 6.05. The number of rotatable bonds is 7. The van der Waals surface area contributed by atoms with Crippen LogP contribution in [0, 0.1) is 0 Å². The Labute approximate surface area is 145 Å². The summed E-state index contributed by atoms with van der Waals surface area (Å²) in [6.07, 6.45) is 1.01. The van der Waals surface area contributed by atoms with Gasteiger partial charge in [-0.25, -0.2) is 13.2 Å². The first kappa shape index (κ1) is 18.1. The van der Waals surface area contributed by atoms with Crippen molar-refractivity contribution < 1.29 is 22.7 Å². The van der Waals surface area contributed by atoms with E-state index < -0.39 is 16.0 Å². The van der Waals surface area contributed by atoms with E-state index >= 15 is 0 Å². The number of hydrogen-bond donors (Lipinski definition) is 1. The molecule has 0 fully saturated rings. The SMILES string of the molecule is CS(=O)(=O)Nc1ccccc1C(=O)OCCOc1ccccc1Cl. The second-order valence-electron chi connectivity index (χ2n) is 4.83. The predicted octanol–water partition coefficient (Wildman–Crippen LogP) is 2.95. The number of carbonyl (C=O) groups is 1. The standard InChI is InChI=1S/C16H16ClNO5S/c1-24(20,21)18-14-8-4-2-6-12(14)16(19)23-11-10-22-15-9-5-3-7-13(15)17/h2-9,18H,10-11H2,1H3. The number of esters is 1. The van der Waals surface area contributed by atoms with E-state index in [4.69, 9.17) is 21.1 Å². The summed E-state index contributed by atoms with van der Waals surface area (Å²) in [6, 6.07) is 13.1. The fourth-order valence-corrected chi connectivity index (χ4v) is 2.64. The Hall–Kier alpha value is -2.25. The van der Waals surface area contributed by atoms with Gasteiger partial charge in [0.25, 0.3) is 0 Å². The van der Waals surface area contributed by atoms with Crippen LogP contribution >= 0.6 is 11.6 Å². The van der Waals surface area contributed by atoms with Crippen molar-refractivity contribution in [3.8, 4) is 5.75 Å². The van der Waals surface area contributed by atoms with Crippen molar-refractivity contribution in [3.05, 3.63) is 59.1 Å². The molecule has 2 rings (SSSR count). The number of anilines is 1. The van der Waals surface area contributed by atoms with Crippen molar-refractivity contribution in [2.24, 2.45) is 0 Å². The van der Waals surface area contributed by atoms with Gasteiger partial charge in [0.05, 0.1) is 22.5 Å². The minimum atomic E-state index is -3.50. The van der Waals surface area contributed by atoms with Gasteiger partial charge in [0.15, 0.2) is 0 Å². The number of benzene rings is 2. The Bertz CT molecular complexity index is 823. The summed E-state index contributed by atoms with van der Waals surface area (Å²) in [5.74, 6) is -0.154. The zero-order valence-electron chi connectivity index (χ0n) is 12.9. The summed E-state index contributed by atoms with van der Waals surface area (Å²) >= 11 is 5.95. The minimum absolute atomic E-state index is 0.00271. The van der Waals surface area contributed by atoms with Gasteiger partial charge in [-0.3, -0.25) is 4.72 Å². The first-order chi connectivity index (χ1) is 11.4. The van der Waals surface area contributed by atoms with Crippen LogP contribution in [0.3, 0.4) is 0 Å². The van der Waals surface area contributed by atoms with Gasteiger partial charge in [0.2, 0.25) is 10.0 Å². The zero-order valence-corrected chi connectivity index (χ0v) is 14.4. The molecule has 2 aromatic rings. The van der Waals surface area contributed by atoms with Gasteiger partial charge in [0.1, 0.15) is 19.0 Å². The molecular formula is C16H16ClNO5S. The van der Waals surface area contributed by atoms with Crippen molar-refractivity contribution in [2.45, 2.75) is 0 Å². The maximum Gasteiger partial charge on any atom is 0.340 e. The van der Waals surface area contributed by atoms with E-state index in [-0.39, 0.29) is 24.5 Å². The molecule has 128 valence electrons. The third-order valence-corrected chi connectivity index (χ3v) is 3.76. The molecule has 1 N–H and O–H groups in total. The van der Waals surface area contributed by atoms with E-state index in [0.717, 1.165) is 6.26 Å². The van der Waals surface area contributed by atoms with Crippen LogP contribution in [0.25, 0.3) is 0 Å². The molecule has 0 saturated carbocycles. The van der Waals surface area contributed by atoms with Crippen LogP contribution in [-0.2, 0) is 14.8 Å². The molecule has 0 aliphatic heterocycles. The summed E-state index contributed by atoms with van der Waals surface area (Å²) in [5.41, 5.74) is 0.290. The molecule has 0 radical (unpaired) electrons. The van der Waals surface area contributed by atoms with Crippen LogP contribution in [0.4, 0.5) is 5.69 Å². The largest absolute Gasteiger partial charge is 0.488 e. The van der Waals surface area contributed by atoms with Crippen molar-refractivity contribution in [2.75, 3.05) is 24.2 Å². The molecule has 0 atom stereocenters. The van der Waals surface area contributed by atoms with Crippen molar-refractivity contribution in [3.63, 3.8) is 0 Å². The van der Waals surface area contributed by atoms with Gasteiger partial charge in [0, 0.05) is 0 Å². The monoisotopic (exact) mass is 369 g/mol. The average molecular weight is 370 g/mol. The van der Waals surface area contributed by atoms with Crippen LogP contribution in [0.15, 0.2) is 48.5 Å². The van der Waals surface area contributed by atoms with Gasteiger partial charge in [-0.2, -0.15) is 0 Å². The molecule has 8 heteroatoms. The third-order valence-electron chi connectivity index (χ3n) is 2.85. The van der Waals surface area contributed by atoms with Crippen molar-refractivity contribution >= 4 is 33.3 Å². The van der Waals surface area contributed by atoms with E-state index in [1.165, 1.54) is 12.1 Å². The lowest BCUT2D eigenvalue weighted by Crippen LogP contribution is -2.16. The Morgan fingerprint density at radius 1 is 1.08 bits per heavy atom. The van der Waals surface area contributed by atoms with Crippen molar-refractivity contribution in [1.82, 2.24) is 0 Å². The van der Waals surface area contributed by atoms with E-state index in [1.54, 1.807) is 36.4 Å². The fraction of sp³-hybridized carbons (Fsp3) is 0.188. The number of sulfonamides is 1. The molecule has 0 bridgehead atoms. The van der Waals surface area contributed by atoms with Gasteiger partial charge < -0.3 is 9.47 Å². The summed E-state index contributed by atoms with van der Waals surface area (Å²) in [4.78, 5) is 12.1. The number of para-hydroxylation sites is 2. The lowest BCUT2D eigenvalue weighted by Gasteiger charge is -2.11. The molecular weight excluding hydrogens is 354 g/mol. The van der Waals surface area contributed by atoms with Crippen LogP contribution in [0.1, 0.15) is 10.4 Å². The minimum Gasteiger partial charge on any atom is -0.488 e. The predicted molar refractivity (Wildman–Crippen MR) is 92.1 cm³/mol. The van der Waals surface area contributed by atoms with Crippen LogP contribution < -0.4 is 9.46 Å². The summed E-state index contributed by atoms with van der Waals surface area (Å²) in [5, 5.41) is 0.464. The smallest absolute Gasteiger partial charge is 0.340 e. The number of ether oxygens (including phenoxy) is 2. The quantitative estimate of drug-likeness (QED) is 0.599. The highest BCUT2D eigenvalue weighted by Crippen LogP contribution is 2.23. The van der Waals surface area contributed by atoms with Gasteiger partial charge in [-0.15, -0.1) is 0 Å². The van der Waals surface area contributed by atoms with Crippen LogP contribution in [-0.4, -0.2) is 33.9 Å². The molecule has 0 heterocycles. The molecule has 24 heavy (non-hydrogen) atoms. The third kappa shape index (κ3) is 5.43. The molecule has 0 saturated heterocycles. The Morgan fingerprint density at radius 2 is 1.75 bits per heavy atom. The summed E-state index contributed by atoms with van der Waals surface area (Å²) in [7, 11) is -3.50. The maximum atomic E-state index is 12.1. The molecule has 0 aliphatic rings. The highest BCUT2D eigenvalue weighted by molar-refractivity contribution is 7.92. The molecule has 6 nitrogen and oxygen atoms in total. The van der Waals surface area contributed by atoms with Gasteiger partial charge in [-0.1, -0.05) is 35.9 Å². The van der Waals surface area contributed by atoms with Crippen molar-refractivity contribution in [1.29, 1.82) is 0 Å². The highest BCUT2D eigenvalue weighted by atomic mass is 35.5. The molecule has 0 spiro atoms. The highest BCUT2D eigenvalue weighted by Gasteiger charge is 2.15. The molecule has 2 aromatic carbocycles. The molecule has 0 unspecified atom stereocenters. The van der Waals surface area contributed by atoms with Crippen LogP contribution in [0.5, 0.6) is 5.75 Å². The van der Waals surface area contributed by atoms with Gasteiger partial charge >= 0.3 is 5.97 Å². The Morgan fingerprint density at radius 3 is 2.46 bits per heavy atom. The van der Waals surface area contributed by atoms with Crippen LogP contribution in [0.2, 0.25) is 5.02 Å². The zero-order chi connectivity index (χ0) is 17.6. The van der Waals surface area contributed by atoms with E-state index in [0.29, 0.717) is 10.8 Å².